The van der Waals surface area contributed by atoms with Crippen molar-refractivity contribution in [3.05, 3.63) is 0 Å². The van der Waals surface area contributed by atoms with E-state index < -0.39 is 47.1 Å². The second-order valence-electron chi connectivity index (χ2n) is 3.63. The molecule has 2 aliphatic rings. The van der Waals surface area contributed by atoms with Gasteiger partial charge in [-0.2, -0.15) is 12.6 Å². The summed E-state index contributed by atoms with van der Waals surface area (Å²) < 4.78 is 34.3. The highest BCUT2D eigenvalue weighted by atomic mass is 32.3. The van der Waals surface area contributed by atoms with Crippen molar-refractivity contribution in [2.24, 2.45) is 0 Å². The number of hydrogen-bond acceptors (Lipinski definition) is 10. The summed E-state index contributed by atoms with van der Waals surface area (Å²) in [5.74, 6) is -6.45. The largest absolute Gasteiger partial charge is 0.407 e. The van der Waals surface area contributed by atoms with Crippen molar-refractivity contribution < 1.29 is 47.1 Å². The molecule has 2 rings (SSSR count). The Morgan fingerprint density at radius 2 is 1.76 bits per heavy atom. The van der Waals surface area contributed by atoms with Crippen molar-refractivity contribution >= 4 is 10.4 Å². The van der Waals surface area contributed by atoms with Gasteiger partial charge in [-0.05, 0) is 0 Å². The van der Waals surface area contributed by atoms with Gasteiger partial charge in [0, 0.05) is 0 Å². The second kappa shape index (κ2) is 3.57. The topological polar surface area (TPSA) is 163 Å². The zero-order valence-corrected chi connectivity index (χ0v) is 8.94. The van der Waals surface area contributed by atoms with Crippen LogP contribution in [0.1, 0.15) is 0 Å². The number of hydrogen-bond donors (Lipinski definition) is 5. The number of fused-ring (bicyclic) bond motifs is 1. The average molecular weight is 274 g/mol. The maximum absolute atomic E-state index is 11.0. The van der Waals surface area contributed by atoms with Gasteiger partial charge in [-0.3, -0.25) is 0 Å². The molecule has 2 aliphatic heterocycles. The van der Waals surface area contributed by atoms with E-state index in [0.29, 0.717) is 0 Å². The molecule has 0 aromatic heterocycles. The summed E-state index contributed by atoms with van der Waals surface area (Å²) in [5.41, 5.74) is 0. The van der Waals surface area contributed by atoms with E-state index in [1.165, 1.54) is 0 Å². The Bertz CT molecular complexity index is 421. The van der Waals surface area contributed by atoms with Crippen LogP contribution in [-0.4, -0.2) is 70.6 Å². The zero-order chi connectivity index (χ0) is 13.1. The van der Waals surface area contributed by atoms with Gasteiger partial charge in [0.2, 0.25) is 0 Å². The quantitative estimate of drug-likeness (QED) is 0.316. The summed E-state index contributed by atoms with van der Waals surface area (Å²) in [6.45, 7) is -0.861. The first-order valence-corrected chi connectivity index (χ1v) is 5.74. The van der Waals surface area contributed by atoms with Crippen LogP contribution in [0.4, 0.5) is 0 Å². The summed E-state index contributed by atoms with van der Waals surface area (Å²) in [6.07, 6.45) is -5.72. The molecule has 2 saturated heterocycles. The fourth-order valence-corrected chi connectivity index (χ4v) is 2.60. The van der Waals surface area contributed by atoms with E-state index in [0.717, 1.165) is 0 Å². The Balaban J connectivity index is 2.45. The van der Waals surface area contributed by atoms with Gasteiger partial charge in [0.05, 0.1) is 6.61 Å². The molecule has 0 radical (unpaired) electrons. The van der Waals surface area contributed by atoms with Crippen LogP contribution in [0.2, 0.25) is 0 Å². The highest BCUT2D eigenvalue weighted by molar-refractivity contribution is 7.82. The van der Waals surface area contributed by atoms with Crippen LogP contribution >= 0.6 is 0 Å². The lowest BCUT2D eigenvalue weighted by molar-refractivity contribution is -0.475. The lowest BCUT2D eigenvalue weighted by Crippen LogP contribution is -2.71. The number of rotatable bonds is 1. The monoisotopic (exact) mass is 274 g/mol. The van der Waals surface area contributed by atoms with Crippen LogP contribution in [0.25, 0.3) is 0 Å². The smallest absolute Gasteiger partial charge is 0.394 e. The molecule has 2 heterocycles. The standard InChI is InChI=1S/C6H10O10S/c7-1-2-3(8)4(9)5(10)6(11,14-2)16-17(12,13)15-5/h2-4,7-11H,1H2/t2-,3-,4+,5-,6?/m1/s1. The zero-order valence-electron chi connectivity index (χ0n) is 8.12. The number of aliphatic hydroxyl groups excluding tert-OH is 3. The van der Waals surface area contributed by atoms with Crippen LogP contribution in [0.5, 0.6) is 0 Å². The molecule has 0 saturated carbocycles. The maximum atomic E-state index is 11.0. The number of ether oxygens (including phenoxy) is 1. The molecular weight excluding hydrogens is 264 g/mol. The van der Waals surface area contributed by atoms with Crippen LogP contribution in [0.3, 0.4) is 0 Å². The van der Waals surface area contributed by atoms with E-state index in [1.54, 1.807) is 0 Å². The Morgan fingerprint density at radius 3 is 2.29 bits per heavy atom. The van der Waals surface area contributed by atoms with Gasteiger partial charge in [-0.25, -0.2) is 4.18 Å². The van der Waals surface area contributed by atoms with Crippen molar-refractivity contribution in [2.45, 2.75) is 30.1 Å². The molecule has 5 N–H and O–H groups in total. The summed E-state index contributed by atoms with van der Waals surface area (Å²) in [4.78, 5) is 0. The van der Waals surface area contributed by atoms with E-state index >= 15 is 0 Å². The van der Waals surface area contributed by atoms with E-state index in [-0.39, 0.29) is 0 Å². The summed E-state index contributed by atoms with van der Waals surface area (Å²) in [6, 6.07) is 0. The van der Waals surface area contributed by atoms with E-state index in [1.807, 2.05) is 0 Å². The Labute approximate surface area is 94.9 Å². The molecule has 100 valence electrons. The van der Waals surface area contributed by atoms with Gasteiger partial charge in [-0.1, -0.05) is 0 Å². The van der Waals surface area contributed by atoms with Gasteiger partial charge < -0.3 is 30.3 Å². The normalized spacial score (nSPS) is 53.4. The predicted octanol–water partition coefficient (Wildman–Crippen LogP) is -4.27. The minimum atomic E-state index is -4.81. The van der Waals surface area contributed by atoms with Gasteiger partial charge >= 0.3 is 16.4 Å². The van der Waals surface area contributed by atoms with Crippen molar-refractivity contribution in [3.63, 3.8) is 0 Å². The summed E-state index contributed by atoms with van der Waals surface area (Å²) in [7, 11) is -4.81. The SMILES string of the molecule is O=S1(=O)OC2(O)O[C@H](CO)[C@@H](O)[C@H](O)[C@@]2(O)O1. The third kappa shape index (κ3) is 1.68. The van der Waals surface area contributed by atoms with Crippen LogP contribution < -0.4 is 0 Å². The molecule has 0 aliphatic carbocycles. The van der Waals surface area contributed by atoms with Crippen molar-refractivity contribution in [3.8, 4) is 0 Å². The lowest BCUT2D eigenvalue weighted by atomic mass is 9.94. The highest BCUT2D eigenvalue weighted by Crippen LogP contribution is 2.45. The van der Waals surface area contributed by atoms with Crippen molar-refractivity contribution in [2.75, 3.05) is 6.61 Å². The summed E-state index contributed by atoms with van der Waals surface area (Å²) >= 11 is 0. The predicted molar refractivity (Wildman–Crippen MR) is 45.0 cm³/mol. The Kier molecular flexibility index (Phi) is 2.74. The second-order valence-corrected chi connectivity index (χ2v) is 4.78. The van der Waals surface area contributed by atoms with Crippen LogP contribution in [0.15, 0.2) is 0 Å². The minimum absolute atomic E-state index is 0.861. The first-order valence-electron chi connectivity index (χ1n) is 4.41. The first kappa shape index (κ1) is 13.1. The molecule has 1 unspecified atom stereocenters. The van der Waals surface area contributed by atoms with Gasteiger partial charge in [0.1, 0.15) is 18.3 Å². The van der Waals surface area contributed by atoms with Crippen LogP contribution in [-0.2, 0) is 23.5 Å². The van der Waals surface area contributed by atoms with Crippen molar-refractivity contribution in [1.82, 2.24) is 0 Å². The van der Waals surface area contributed by atoms with Crippen LogP contribution in [0, 0.1) is 0 Å². The average Bonchev–Trinajstić information content (AvgIpc) is 2.39. The fraction of sp³-hybridized carbons (Fsp3) is 1.00. The molecule has 0 spiro atoms. The molecule has 0 amide bonds. The molecular formula is C6H10O10S. The van der Waals surface area contributed by atoms with Gasteiger partial charge in [0.15, 0.2) is 0 Å². The first-order chi connectivity index (χ1) is 7.65. The molecule has 0 bridgehead atoms. The summed E-state index contributed by atoms with van der Waals surface area (Å²) in [5, 5.41) is 47.0. The molecule has 5 atom stereocenters. The molecule has 2 fully saturated rings. The minimum Gasteiger partial charge on any atom is -0.394 e. The molecule has 17 heavy (non-hydrogen) atoms. The highest BCUT2D eigenvalue weighted by Gasteiger charge is 2.74. The lowest BCUT2D eigenvalue weighted by Gasteiger charge is -2.44. The van der Waals surface area contributed by atoms with Gasteiger partial charge in [0.25, 0.3) is 5.79 Å². The third-order valence-electron chi connectivity index (χ3n) is 2.49. The molecule has 10 nitrogen and oxygen atoms in total. The van der Waals surface area contributed by atoms with E-state index in [2.05, 4.69) is 13.1 Å². The van der Waals surface area contributed by atoms with E-state index in [4.69, 9.17) is 5.11 Å². The fourth-order valence-electron chi connectivity index (χ4n) is 1.62. The van der Waals surface area contributed by atoms with E-state index in [9.17, 15) is 28.8 Å². The maximum Gasteiger partial charge on any atom is 0.407 e. The molecule has 0 aromatic carbocycles. The Morgan fingerprint density at radius 1 is 1.18 bits per heavy atom. The van der Waals surface area contributed by atoms with Gasteiger partial charge in [-0.15, -0.1) is 0 Å². The number of aliphatic hydroxyl groups is 5. The molecule has 11 heteroatoms. The van der Waals surface area contributed by atoms with Crippen molar-refractivity contribution in [1.29, 1.82) is 0 Å². The Hall–Kier alpha value is -0.370. The molecule has 0 aromatic rings. The third-order valence-corrected chi connectivity index (χ3v) is 3.38.